The highest BCUT2D eigenvalue weighted by Crippen LogP contribution is 2.21. The fourth-order valence-electron chi connectivity index (χ4n) is 2.74. The second-order valence-corrected chi connectivity index (χ2v) is 6.77. The molecule has 2 heterocycles. The van der Waals surface area contributed by atoms with Crippen molar-refractivity contribution in [2.75, 3.05) is 19.6 Å². The van der Waals surface area contributed by atoms with Crippen LogP contribution in [0.25, 0.3) is 0 Å². The molecule has 1 N–H and O–H groups in total. The molecule has 0 aromatic carbocycles. The van der Waals surface area contributed by atoms with Gasteiger partial charge in [-0.05, 0) is 31.4 Å². The highest BCUT2D eigenvalue weighted by atomic mass is 35.5. The average molecular weight is 316 g/mol. The van der Waals surface area contributed by atoms with E-state index in [1.54, 1.807) is 12.3 Å². The van der Waals surface area contributed by atoms with Gasteiger partial charge in [0.2, 0.25) is 0 Å². The van der Waals surface area contributed by atoms with Crippen LogP contribution in [0.4, 0.5) is 0 Å². The summed E-state index contributed by atoms with van der Waals surface area (Å²) in [7, 11) is 0. The first-order valence-electron chi connectivity index (χ1n) is 7.30. The minimum atomic E-state index is 0.451. The van der Waals surface area contributed by atoms with E-state index in [4.69, 9.17) is 23.2 Å². The van der Waals surface area contributed by atoms with Gasteiger partial charge in [0.05, 0.1) is 0 Å². The number of pyridine rings is 1. The fourth-order valence-corrected chi connectivity index (χ4v) is 3.16. The van der Waals surface area contributed by atoms with E-state index in [0.29, 0.717) is 22.1 Å². The first-order chi connectivity index (χ1) is 9.54. The molecule has 1 aliphatic rings. The van der Waals surface area contributed by atoms with Gasteiger partial charge in [0.15, 0.2) is 0 Å². The van der Waals surface area contributed by atoms with Crippen molar-refractivity contribution in [2.24, 2.45) is 5.92 Å². The van der Waals surface area contributed by atoms with Crippen LogP contribution in [-0.2, 0) is 6.54 Å². The van der Waals surface area contributed by atoms with Crippen molar-refractivity contribution < 1.29 is 0 Å². The molecule has 1 aliphatic heterocycles. The number of nitrogens with one attached hydrogen (secondary N) is 1. The first kappa shape index (κ1) is 16.0. The van der Waals surface area contributed by atoms with Crippen molar-refractivity contribution >= 4 is 23.2 Å². The van der Waals surface area contributed by atoms with Crippen molar-refractivity contribution in [1.82, 2.24) is 15.2 Å². The van der Waals surface area contributed by atoms with Crippen LogP contribution in [-0.4, -0.2) is 35.6 Å². The molecule has 112 valence electrons. The van der Waals surface area contributed by atoms with Crippen LogP contribution in [0.5, 0.6) is 0 Å². The summed E-state index contributed by atoms with van der Waals surface area (Å²) in [4.78, 5) is 6.61. The van der Waals surface area contributed by atoms with Crippen LogP contribution in [0.2, 0.25) is 10.2 Å². The molecular formula is C15H23Cl2N3. The molecule has 0 aliphatic carbocycles. The standard InChI is InChI=1S/C15H23Cl2N3/c1-11(2)8-20(10-13-4-3-5-18-13)9-12-7-19-15(17)6-14(12)16/h6-7,11,13,18H,3-5,8-10H2,1-2H3. The van der Waals surface area contributed by atoms with E-state index in [9.17, 15) is 0 Å². The Balaban J connectivity index is 2.01. The van der Waals surface area contributed by atoms with Crippen LogP contribution < -0.4 is 5.32 Å². The lowest BCUT2D eigenvalue weighted by Gasteiger charge is -2.27. The van der Waals surface area contributed by atoms with Crippen molar-refractivity contribution in [3.63, 3.8) is 0 Å². The first-order valence-corrected chi connectivity index (χ1v) is 8.06. The summed E-state index contributed by atoms with van der Waals surface area (Å²) in [6, 6.07) is 2.33. The number of hydrogen-bond donors (Lipinski definition) is 1. The molecule has 1 aromatic heterocycles. The third-order valence-electron chi connectivity index (χ3n) is 3.55. The molecule has 0 bridgehead atoms. The normalized spacial score (nSPS) is 19.2. The van der Waals surface area contributed by atoms with Gasteiger partial charge in [-0.3, -0.25) is 4.90 Å². The summed E-state index contributed by atoms with van der Waals surface area (Å²) in [5.74, 6) is 0.635. The Morgan fingerprint density at radius 2 is 2.25 bits per heavy atom. The monoisotopic (exact) mass is 315 g/mol. The van der Waals surface area contributed by atoms with Gasteiger partial charge < -0.3 is 5.32 Å². The second-order valence-electron chi connectivity index (χ2n) is 5.98. The molecule has 5 heteroatoms. The maximum Gasteiger partial charge on any atom is 0.130 e. The van der Waals surface area contributed by atoms with Crippen LogP contribution in [0.15, 0.2) is 12.3 Å². The van der Waals surface area contributed by atoms with Gasteiger partial charge in [0, 0.05) is 42.5 Å². The molecule has 1 unspecified atom stereocenters. The highest BCUT2D eigenvalue weighted by molar-refractivity contribution is 6.34. The molecule has 0 spiro atoms. The van der Waals surface area contributed by atoms with E-state index >= 15 is 0 Å². The molecule has 3 nitrogen and oxygen atoms in total. The van der Waals surface area contributed by atoms with E-state index in [0.717, 1.165) is 31.7 Å². The Hall–Kier alpha value is -0.350. The van der Waals surface area contributed by atoms with Gasteiger partial charge in [-0.15, -0.1) is 0 Å². The minimum absolute atomic E-state index is 0.451. The minimum Gasteiger partial charge on any atom is -0.313 e. The lowest BCUT2D eigenvalue weighted by atomic mass is 10.1. The summed E-state index contributed by atoms with van der Waals surface area (Å²) in [6.07, 6.45) is 4.34. The Labute approximate surface area is 131 Å². The van der Waals surface area contributed by atoms with Crippen molar-refractivity contribution in [3.05, 3.63) is 28.0 Å². The maximum atomic E-state index is 6.26. The number of hydrogen-bond acceptors (Lipinski definition) is 3. The van der Waals surface area contributed by atoms with Crippen molar-refractivity contribution in [3.8, 4) is 0 Å². The van der Waals surface area contributed by atoms with Gasteiger partial charge in [-0.25, -0.2) is 4.98 Å². The molecule has 0 radical (unpaired) electrons. The van der Waals surface area contributed by atoms with Gasteiger partial charge in [0.25, 0.3) is 0 Å². The highest BCUT2D eigenvalue weighted by Gasteiger charge is 2.19. The number of halogens is 2. The largest absolute Gasteiger partial charge is 0.313 e. The lowest BCUT2D eigenvalue weighted by molar-refractivity contribution is 0.216. The van der Waals surface area contributed by atoms with Crippen LogP contribution in [0, 0.1) is 5.92 Å². The van der Waals surface area contributed by atoms with E-state index in [1.165, 1.54) is 12.8 Å². The molecule has 1 saturated heterocycles. The quantitative estimate of drug-likeness (QED) is 0.813. The van der Waals surface area contributed by atoms with Gasteiger partial charge in [-0.1, -0.05) is 37.0 Å². The molecule has 1 aromatic rings. The van der Waals surface area contributed by atoms with Crippen molar-refractivity contribution in [1.29, 1.82) is 0 Å². The predicted molar refractivity (Wildman–Crippen MR) is 85.4 cm³/mol. The second kappa shape index (κ2) is 7.60. The Morgan fingerprint density at radius 1 is 1.45 bits per heavy atom. The van der Waals surface area contributed by atoms with Gasteiger partial charge in [-0.2, -0.15) is 0 Å². The summed E-state index contributed by atoms with van der Waals surface area (Å²) < 4.78 is 0. The van der Waals surface area contributed by atoms with Gasteiger partial charge in [0.1, 0.15) is 5.15 Å². The zero-order chi connectivity index (χ0) is 14.5. The van der Waals surface area contributed by atoms with E-state index < -0.39 is 0 Å². The van der Waals surface area contributed by atoms with Gasteiger partial charge >= 0.3 is 0 Å². The van der Waals surface area contributed by atoms with E-state index in [1.807, 2.05) is 0 Å². The average Bonchev–Trinajstić information content (AvgIpc) is 2.84. The number of aromatic nitrogens is 1. The predicted octanol–water partition coefficient (Wildman–Crippen LogP) is 3.60. The Kier molecular flexibility index (Phi) is 6.09. The molecular weight excluding hydrogens is 293 g/mol. The molecule has 1 atom stereocenters. The summed E-state index contributed by atoms with van der Waals surface area (Å²) in [6.45, 7) is 8.60. The van der Waals surface area contributed by atoms with E-state index in [-0.39, 0.29) is 0 Å². The number of nitrogens with zero attached hydrogens (tertiary/aromatic N) is 2. The third kappa shape index (κ3) is 4.88. The zero-order valence-electron chi connectivity index (χ0n) is 12.2. The molecule has 0 saturated carbocycles. The zero-order valence-corrected chi connectivity index (χ0v) is 13.7. The Bertz CT molecular complexity index is 431. The molecule has 20 heavy (non-hydrogen) atoms. The lowest BCUT2D eigenvalue weighted by Crippen LogP contribution is -2.39. The summed E-state index contributed by atoms with van der Waals surface area (Å²) >= 11 is 12.1. The smallest absolute Gasteiger partial charge is 0.130 e. The third-order valence-corrected chi connectivity index (χ3v) is 4.11. The van der Waals surface area contributed by atoms with Crippen LogP contribution >= 0.6 is 23.2 Å². The molecule has 1 fully saturated rings. The topological polar surface area (TPSA) is 28.2 Å². The van der Waals surface area contributed by atoms with Crippen molar-refractivity contribution in [2.45, 2.75) is 39.3 Å². The van der Waals surface area contributed by atoms with Crippen LogP contribution in [0.1, 0.15) is 32.3 Å². The van der Waals surface area contributed by atoms with Crippen LogP contribution in [0.3, 0.4) is 0 Å². The molecule has 0 amide bonds. The Morgan fingerprint density at radius 3 is 2.85 bits per heavy atom. The fraction of sp³-hybridized carbons (Fsp3) is 0.667. The number of rotatable bonds is 6. The summed E-state index contributed by atoms with van der Waals surface area (Å²) in [5, 5.41) is 4.72. The summed E-state index contributed by atoms with van der Waals surface area (Å²) in [5.41, 5.74) is 1.05. The molecule has 2 rings (SSSR count). The van der Waals surface area contributed by atoms with E-state index in [2.05, 4.69) is 29.0 Å². The maximum absolute atomic E-state index is 6.26. The SMILES string of the molecule is CC(C)CN(Cc1cnc(Cl)cc1Cl)CC1CCCN1.